The zero-order valence-electron chi connectivity index (χ0n) is 20.8. The number of ketones is 1. The molecule has 2 aliphatic rings. The molecule has 0 spiro atoms. The second kappa shape index (κ2) is 9.16. The van der Waals surface area contributed by atoms with E-state index in [1.165, 1.54) is 11.1 Å². The standard InChI is InChI=1S/C33H32N2O/c1-33-30(25-19-11-5-12-20-25)34-28(23-15-7-3-8-16-23)27(32(33)36)29(24-17-9-4-10-18-24)35(2)31(33)26-21-13-6-14-22-26/h3-22,27-31,34H,1-2H3. The number of carbonyl (C=O) groups is 1. The molecule has 2 bridgehead atoms. The number of hydrogen-bond donors (Lipinski definition) is 1. The Balaban J connectivity index is 1.60. The Morgan fingerprint density at radius 2 is 1.08 bits per heavy atom. The summed E-state index contributed by atoms with van der Waals surface area (Å²) in [5, 5.41) is 4.03. The Kier molecular flexibility index (Phi) is 5.83. The maximum atomic E-state index is 14.9. The zero-order chi connectivity index (χ0) is 24.7. The fourth-order valence-corrected chi connectivity index (χ4v) is 6.93. The van der Waals surface area contributed by atoms with Crippen LogP contribution in [0.3, 0.4) is 0 Å². The molecule has 2 saturated heterocycles. The zero-order valence-corrected chi connectivity index (χ0v) is 20.8. The predicted octanol–water partition coefficient (Wildman–Crippen LogP) is 6.69. The highest BCUT2D eigenvalue weighted by molar-refractivity contribution is 5.92. The van der Waals surface area contributed by atoms with Crippen molar-refractivity contribution in [1.82, 2.24) is 10.2 Å². The van der Waals surface area contributed by atoms with Crippen LogP contribution in [0.15, 0.2) is 121 Å². The van der Waals surface area contributed by atoms with Crippen molar-refractivity contribution in [2.24, 2.45) is 11.3 Å². The van der Waals surface area contributed by atoms with Crippen molar-refractivity contribution in [2.75, 3.05) is 7.05 Å². The molecule has 2 heterocycles. The number of fused-ring (bicyclic) bond motifs is 2. The Morgan fingerprint density at radius 1 is 0.639 bits per heavy atom. The van der Waals surface area contributed by atoms with E-state index in [0.717, 1.165) is 11.1 Å². The molecule has 2 aliphatic heterocycles. The number of hydrogen-bond acceptors (Lipinski definition) is 3. The van der Waals surface area contributed by atoms with Gasteiger partial charge in [-0.2, -0.15) is 0 Å². The average molecular weight is 473 g/mol. The molecule has 4 aromatic rings. The maximum Gasteiger partial charge on any atom is 0.149 e. The summed E-state index contributed by atoms with van der Waals surface area (Å²) in [7, 11) is 2.21. The van der Waals surface area contributed by atoms with E-state index in [2.05, 4.69) is 121 Å². The number of piperidine rings is 2. The van der Waals surface area contributed by atoms with Crippen LogP contribution in [0.25, 0.3) is 0 Å². The molecule has 180 valence electrons. The van der Waals surface area contributed by atoms with Gasteiger partial charge in [-0.05, 0) is 36.2 Å². The Morgan fingerprint density at radius 3 is 1.61 bits per heavy atom. The lowest BCUT2D eigenvalue weighted by atomic mass is 9.55. The average Bonchev–Trinajstić information content (AvgIpc) is 2.93. The molecule has 6 atom stereocenters. The molecule has 0 aromatic heterocycles. The van der Waals surface area contributed by atoms with E-state index in [4.69, 9.17) is 0 Å². The molecule has 6 rings (SSSR count). The highest BCUT2D eigenvalue weighted by Crippen LogP contribution is 2.62. The number of rotatable bonds is 4. The first kappa shape index (κ1) is 22.9. The van der Waals surface area contributed by atoms with Gasteiger partial charge in [0.15, 0.2) is 0 Å². The summed E-state index contributed by atoms with van der Waals surface area (Å²) < 4.78 is 0. The highest BCUT2D eigenvalue weighted by atomic mass is 16.1. The lowest BCUT2D eigenvalue weighted by molar-refractivity contribution is -0.163. The fourth-order valence-electron chi connectivity index (χ4n) is 6.93. The SMILES string of the molecule is CN1C(c2ccccc2)C2C(=O)C(C)(C(c3ccccc3)NC2c2ccccc2)C1c1ccccc1. The number of nitrogens with one attached hydrogen (secondary N) is 1. The van der Waals surface area contributed by atoms with Crippen molar-refractivity contribution < 1.29 is 4.79 Å². The Labute approximate surface area is 213 Å². The van der Waals surface area contributed by atoms with Gasteiger partial charge in [0.25, 0.3) is 0 Å². The summed E-state index contributed by atoms with van der Waals surface area (Å²) in [5.74, 6) is 0.120. The molecule has 3 heteroatoms. The number of Topliss-reactive ketones (excluding diaryl/α,β-unsaturated/α-hetero) is 1. The van der Waals surface area contributed by atoms with Crippen LogP contribution in [-0.2, 0) is 4.79 Å². The van der Waals surface area contributed by atoms with Gasteiger partial charge in [0.05, 0.1) is 11.3 Å². The Hall–Kier alpha value is -3.53. The minimum Gasteiger partial charge on any atom is -0.301 e. The first-order valence-corrected chi connectivity index (χ1v) is 12.8. The summed E-state index contributed by atoms with van der Waals surface area (Å²) in [4.78, 5) is 17.4. The van der Waals surface area contributed by atoms with Gasteiger partial charge in [0.2, 0.25) is 0 Å². The third-order valence-corrected chi connectivity index (χ3v) is 8.44. The molecule has 0 aliphatic carbocycles. The van der Waals surface area contributed by atoms with Crippen LogP contribution in [0.4, 0.5) is 0 Å². The van der Waals surface area contributed by atoms with Gasteiger partial charge in [-0.15, -0.1) is 0 Å². The summed E-state index contributed by atoms with van der Waals surface area (Å²) in [5.41, 5.74) is 4.02. The number of carbonyl (C=O) groups excluding carboxylic acids is 1. The van der Waals surface area contributed by atoms with Crippen molar-refractivity contribution in [3.05, 3.63) is 144 Å². The highest BCUT2D eigenvalue weighted by Gasteiger charge is 2.63. The van der Waals surface area contributed by atoms with Crippen molar-refractivity contribution in [1.29, 1.82) is 0 Å². The fraction of sp³-hybridized carbons (Fsp3) is 0.242. The van der Waals surface area contributed by atoms with Crippen molar-refractivity contribution >= 4 is 5.78 Å². The molecule has 3 nitrogen and oxygen atoms in total. The molecule has 0 radical (unpaired) electrons. The van der Waals surface area contributed by atoms with Crippen LogP contribution in [0.5, 0.6) is 0 Å². The van der Waals surface area contributed by atoms with Crippen LogP contribution < -0.4 is 5.32 Å². The van der Waals surface area contributed by atoms with E-state index in [1.807, 2.05) is 24.3 Å². The minimum absolute atomic E-state index is 0.0496. The topological polar surface area (TPSA) is 32.3 Å². The molecule has 36 heavy (non-hydrogen) atoms. The lowest BCUT2D eigenvalue weighted by Gasteiger charge is -2.61. The normalized spacial score (nSPS) is 30.2. The summed E-state index contributed by atoms with van der Waals surface area (Å²) in [6.07, 6.45) is 0. The second-order valence-electron chi connectivity index (χ2n) is 10.4. The molecular formula is C33H32N2O. The summed E-state index contributed by atoms with van der Waals surface area (Å²) >= 11 is 0. The third-order valence-electron chi connectivity index (χ3n) is 8.44. The smallest absolute Gasteiger partial charge is 0.149 e. The molecule has 2 fully saturated rings. The van der Waals surface area contributed by atoms with Gasteiger partial charge in [-0.1, -0.05) is 121 Å². The van der Waals surface area contributed by atoms with Gasteiger partial charge in [-0.3, -0.25) is 9.69 Å². The number of likely N-dealkylation sites (tertiary alicyclic amines) is 1. The molecule has 0 saturated carbocycles. The molecule has 4 aromatic carbocycles. The third kappa shape index (κ3) is 3.54. The van der Waals surface area contributed by atoms with E-state index in [1.54, 1.807) is 0 Å². The quantitative estimate of drug-likeness (QED) is 0.359. The predicted molar refractivity (Wildman–Crippen MR) is 144 cm³/mol. The number of benzene rings is 4. The van der Waals surface area contributed by atoms with Crippen molar-refractivity contribution in [3.8, 4) is 0 Å². The second-order valence-corrected chi connectivity index (χ2v) is 10.4. The Bertz CT molecular complexity index is 1290. The molecule has 1 N–H and O–H groups in total. The van der Waals surface area contributed by atoms with Crippen molar-refractivity contribution in [2.45, 2.75) is 31.1 Å². The van der Waals surface area contributed by atoms with Gasteiger partial charge >= 0.3 is 0 Å². The van der Waals surface area contributed by atoms with E-state index < -0.39 is 5.41 Å². The number of nitrogens with zero attached hydrogens (tertiary/aromatic N) is 1. The van der Waals surface area contributed by atoms with Crippen LogP contribution in [0.1, 0.15) is 53.3 Å². The van der Waals surface area contributed by atoms with Gasteiger partial charge in [0, 0.05) is 24.2 Å². The lowest BCUT2D eigenvalue weighted by Crippen LogP contribution is -2.65. The summed E-state index contributed by atoms with van der Waals surface area (Å²) in [6.45, 7) is 2.18. The van der Waals surface area contributed by atoms with Gasteiger partial charge < -0.3 is 5.32 Å². The first-order chi connectivity index (χ1) is 17.6. The van der Waals surface area contributed by atoms with Gasteiger partial charge in [-0.25, -0.2) is 0 Å². The van der Waals surface area contributed by atoms with Crippen LogP contribution in [-0.4, -0.2) is 17.7 Å². The van der Waals surface area contributed by atoms with Gasteiger partial charge in [0.1, 0.15) is 5.78 Å². The van der Waals surface area contributed by atoms with Crippen LogP contribution in [0, 0.1) is 11.3 Å². The van der Waals surface area contributed by atoms with E-state index in [9.17, 15) is 4.79 Å². The van der Waals surface area contributed by atoms with E-state index in [0.29, 0.717) is 5.78 Å². The summed E-state index contributed by atoms with van der Waals surface area (Å²) in [6, 6.07) is 41.8. The largest absolute Gasteiger partial charge is 0.301 e. The first-order valence-electron chi connectivity index (χ1n) is 12.8. The monoisotopic (exact) mass is 472 g/mol. The van der Waals surface area contributed by atoms with E-state index >= 15 is 0 Å². The molecular weight excluding hydrogens is 440 g/mol. The van der Waals surface area contributed by atoms with Crippen LogP contribution >= 0.6 is 0 Å². The van der Waals surface area contributed by atoms with Crippen molar-refractivity contribution in [3.63, 3.8) is 0 Å². The minimum atomic E-state index is -0.654. The van der Waals surface area contributed by atoms with E-state index in [-0.39, 0.29) is 30.1 Å². The maximum absolute atomic E-state index is 14.9. The van der Waals surface area contributed by atoms with Crippen LogP contribution in [0.2, 0.25) is 0 Å². The molecule has 0 amide bonds. The molecule has 6 unspecified atom stereocenters.